The largest absolute Gasteiger partial charge is 0.497 e. The molecule has 7 heteroatoms. The Morgan fingerprint density at radius 3 is 2.33 bits per heavy atom. The fourth-order valence-corrected chi connectivity index (χ4v) is 3.32. The van der Waals surface area contributed by atoms with E-state index in [2.05, 4.69) is 10.1 Å². The average molecular weight is 344 g/mol. The van der Waals surface area contributed by atoms with Crippen LogP contribution in [0.25, 0.3) is 11.4 Å². The molecule has 2 aromatic carbocycles. The van der Waals surface area contributed by atoms with Crippen molar-refractivity contribution in [2.75, 3.05) is 7.11 Å². The Bertz CT molecular complexity index is 929. The molecule has 0 aliphatic carbocycles. The first-order valence-corrected chi connectivity index (χ1v) is 8.89. The fraction of sp³-hybridized carbons (Fsp3) is 0.176. The minimum atomic E-state index is -3.57. The molecule has 3 rings (SSSR count). The average Bonchev–Trinajstić information content (AvgIpc) is 3.03. The van der Waals surface area contributed by atoms with Crippen LogP contribution in [0.1, 0.15) is 11.5 Å². The van der Waals surface area contributed by atoms with Gasteiger partial charge in [-0.1, -0.05) is 35.0 Å². The third-order valence-corrected chi connectivity index (χ3v) is 5.13. The van der Waals surface area contributed by atoms with E-state index < -0.39 is 9.84 Å². The van der Waals surface area contributed by atoms with Gasteiger partial charge in [-0.05, 0) is 31.2 Å². The van der Waals surface area contributed by atoms with Crippen molar-refractivity contribution in [3.05, 3.63) is 60.0 Å². The second-order valence-corrected chi connectivity index (χ2v) is 7.30. The fourth-order valence-electron chi connectivity index (χ4n) is 2.16. The first-order chi connectivity index (χ1) is 11.5. The summed E-state index contributed by atoms with van der Waals surface area (Å²) in [5, 5.41) is 3.85. The second kappa shape index (κ2) is 6.45. The molecule has 6 nitrogen and oxygen atoms in total. The lowest BCUT2D eigenvalue weighted by molar-refractivity contribution is 0.389. The number of nitrogens with zero attached hydrogens (tertiary/aromatic N) is 2. The van der Waals surface area contributed by atoms with Crippen LogP contribution in [-0.2, 0) is 15.6 Å². The van der Waals surface area contributed by atoms with E-state index in [9.17, 15) is 8.42 Å². The van der Waals surface area contributed by atoms with Crippen LogP contribution < -0.4 is 4.74 Å². The Kier molecular flexibility index (Phi) is 4.35. The quantitative estimate of drug-likeness (QED) is 0.707. The van der Waals surface area contributed by atoms with Gasteiger partial charge in [-0.15, -0.1) is 0 Å². The van der Waals surface area contributed by atoms with Crippen LogP contribution in [0.3, 0.4) is 0 Å². The summed E-state index contributed by atoms with van der Waals surface area (Å²) in [6, 6.07) is 13.8. The molecule has 0 atom stereocenters. The number of aryl methyl sites for hydroxylation is 1. The number of aromatic nitrogens is 2. The summed E-state index contributed by atoms with van der Waals surface area (Å²) in [5.41, 5.74) is 1.89. The SMILES string of the molecule is COc1ccc(S(=O)(=O)Cc2nc(-c3ccc(C)cc3)no2)cc1. The second-order valence-electron chi connectivity index (χ2n) is 5.31. The molecule has 3 aromatic rings. The van der Waals surface area contributed by atoms with E-state index in [-0.39, 0.29) is 16.5 Å². The molecule has 0 N–H and O–H groups in total. The molecule has 0 aliphatic heterocycles. The Labute approximate surface area is 140 Å². The number of methoxy groups -OCH3 is 1. The Morgan fingerprint density at radius 1 is 1.04 bits per heavy atom. The summed E-state index contributed by atoms with van der Waals surface area (Å²) < 4.78 is 35.0. The third kappa shape index (κ3) is 3.46. The lowest BCUT2D eigenvalue weighted by Gasteiger charge is -2.03. The van der Waals surface area contributed by atoms with Crippen molar-refractivity contribution in [3.8, 4) is 17.1 Å². The standard InChI is InChI=1S/C17H16N2O4S/c1-12-3-5-13(6-4-12)17-18-16(23-19-17)11-24(20,21)15-9-7-14(22-2)8-10-15/h3-10H,11H2,1-2H3. The molecule has 0 aliphatic rings. The molecule has 0 radical (unpaired) electrons. The van der Waals surface area contributed by atoms with Crippen LogP contribution in [0.4, 0.5) is 0 Å². The van der Waals surface area contributed by atoms with Gasteiger partial charge in [0.15, 0.2) is 9.84 Å². The summed E-state index contributed by atoms with van der Waals surface area (Å²) in [7, 11) is -2.04. The minimum absolute atomic E-state index is 0.0568. The Hall–Kier alpha value is -2.67. The zero-order valence-corrected chi connectivity index (χ0v) is 14.1. The molecule has 0 saturated heterocycles. The van der Waals surface area contributed by atoms with Crippen molar-refractivity contribution in [3.63, 3.8) is 0 Å². The van der Waals surface area contributed by atoms with Crippen molar-refractivity contribution in [2.45, 2.75) is 17.6 Å². The first kappa shape index (κ1) is 16.2. The minimum Gasteiger partial charge on any atom is -0.497 e. The van der Waals surface area contributed by atoms with Crippen molar-refractivity contribution in [2.24, 2.45) is 0 Å². The van der Waals surface area contributed by atoms with Gasteiger partial charge in [0.1, 0.15) is 11.5 Å². The molecule has 0 saturated carbocycles. The molecule has 0 spiro atoms. The highest BCUT2D eigenvalue weighted by Gasteiger charge is 2.20. The molecule has 24 heavy (non-hydrogen) atoms. The summed E-state index contributed by atoms with van der Waals surface area (Å²) in [5.74, 6) is 0.669. The summed E-state index contributed by atoms with van der Waals surface area (Å²) in [4.78, 5) is 4.35. The van der Waals surface area contributed by atoms with Gasteiger partial charge < -0.3 is 9.26 Å². The van der Waals surface area contributed by atoms with Gasteiger partial charge in [-0.3, -0.25) is 0 Å². The molecule has 0 fully saturated rings. The lowest BCUT2D eigenvalue weighted by Crippen LogP contribution is -2.05. The Balaban J connectivity index is 1.81. The smallest absolute Gasteiger partial charge is 0.242 e. The lowest BCUT2D eigenvalue weighted by atomic mass is 10.1. The number of hydrogen-bond donors (Lipinski definition) is 0. The zero-order chi connectivity index (χ0) is 17.2. The van der Waals surface area contributed by atoms with Crippen LogP contribution in [-0.4, -0.2) is 25.7 Å². The van der Waals surface area contributed by atoms with Gasteiger partial charge >= 0.3 is 0 Å². The highest BCUT2D eigenvalue weighted by Crippen LogP contribution is 2.21. The summed E-state index contributed by atoms with van der Waals surface area (Å²) in [6.45, 7) is 1.98. The maximum atomic E-state index is 12.4. The summed E-state index contributed by atoms with van der Waals surface area (Å²) >= 11 is 0. The highest BCUT2D eigenvalue weighted by atomic mass is 32.2. The van der Waals surface area contributed by atoms with Crippen molar-refractivity contribution < 1.29 is 17.7 Å². The van der Waals surface area contributed by atoms with E-state index in [1.54, 1.807) is 12.1 Å². The molecule has 124 valence electrons. The maximum Gasteiger partial charge on any atom is 0.242 e. The normalized spacial score (nSPS) is 11.4. The number of benzene rings is 2. The van der Waals surface area contributed by atoms with E-state index in [1.165, 1.54) is 19.2 Å². The van der Waals surface area contributed by atoms with E-state index in [4.69, 9.17) is 9.26 Å². The van der Waals surface area contributed by atoms with Gasteiger partial charge in [0.25, 0.3) is 0 Å². The zero-order valence-electron chi connectivity index (χ0n) is 13.3. The van der Waals surface area contributed by atoms with Crippen LogP contribution in [0.5, 0.6) is 5.75 Å². The van der Waals surface area contributed by atoms with Crippen LogP contribution in [0.2, 0.25) is 0 Å². The number of rotatable bonds is 5. The molecule has 0 bridgehead atoms. The Morgan fingerprint density at radius 2 is 1.71 bits per heavy atom. The van der Waals surface area contributed by atoms with Gasteiger partial charge in [0, 0.05) is 5.56 Å². The summed E-state index contributed by atoms with van der Waals surface area (Å²) in [6.07, 6.45) is 0. The predicted molar refractivity (Wildman–Crippen MR) is 88.4 cm³/mol. The van der Waals surface area contributed by atoms with Crippen molar-refractivity contribution in [1.82, 2.24) is 10.1 Å². The third-order valence-electron chi connectivity index (χ3n) is 3.51. The highest BCUT2D eigenvalue weighted by molar-refractivity contribution is 7.90. The van der Waals surface area contributed by atoms with E-state index >= 15 is 0 Å². The maximum absolute atomic E-state index is 12.4. The molecular weight excluding hydrogens is 328 g/mol. The molecule has 1 heterocycles. The van der Waals surface area contributed by atoms with Crippen molar-refractivity contribution >= 4 is 9.84 Å². The van der Waals surface area contributed by atoms with E-state index in [1.807, 2.05) is 31.2 Å². The topological polar surface area (TPSA) is 82.3 Å². The molecule has 1 aromatic heterocycles. The number of ether oxygens (including phenoxy) is 1. The molecular formula is C17H16N2O4S. The molecule has 0 unspecified atom stereocenters. The van der Waals surface area contributed by atoms with Gasteiger partial charge in [0.05, 0.1) is 12.0 Å². The van der Waals surface area contributed by atoms with Gasteiger partial charge in [-0.25, -0.2) is 8.42 Å². The van der Waals surface area contributed by atoms with Crippen LogP contribution in [0, 0.1) is 6.92 Å². The van der Waals surface area contributed by atoms with Crippen LogP contribution >= 0.6 is 0 Å². The first-order valence-electron chi connectivity index (χ1n) is 7.24. The van der Waals surface area contributed by atoms with Gasteiger partial charge in [0.2, 0.25) is 11.7 Å². The number of hydrogen-bond acceptors (Lipinski definition) is 6. The van der Waals surface area contributed by atoms with Crippen molar-refractivity contribution in [1.29, 1.82) is 0 Å². The predicted octanol–water partition coefficient (Wildman–Crippen LogP) is 3.03. The number of sulfone groups is 1. The molecule has 0 amide bonds. The van der Waals surface area contributed by atoms with Crippen LogP contribution in [0.15, 0.2) is 57.9 Å². The van der Waals surface area contributed by atoms with E-state index in [0.717, 1.165) is 11.1 Å². The monoisotopic (exact) mass is 344 g/mol. The van der Waals surface area contributed by atoms with E-state index in [0.29, 0.717) is 11.6 Å². The van der Waals surface area contributed by atoms with Gasteiger partial charge in [-0.2, -0.15) is 4.98 Å².